The number of nitrogens with zero attached hydrogens (tertiary/aromatic N) is 2. The van der Waals surface area contributed by atoms with E-state index in [9.17, 15) is 4.79 Å². The van der Waals surface area contributed by atoms with Crippen LogP contribution < -0.4 is 4.74 Å². The maximum absolute atomic E-state index is 11.9. The van der Waals surface area contributed by atoms with Crippen LogP contribution in [0, 0.1) is 0 Å². The summed E-state index contributed by atoms with van der Waals surface area (Å²) in [6, 6.07) is 7.90. The van der Waals surface area contributed by atoms with Gasteiger partial charge in [0, 0.05) is 11.3 Å². The molecule has 0 saturated carbocycles. The number of ether oxygens (including phenoxy) is 1. The van der Waals surface area contributed by atoms with Gasteiger partial charge in [-0.15, -0.1) is 0 Å². The lowest BCUT2D eigenvalue weighted by Gasteiger charge is -2.10. The molecule has 21 heavy (non-hydrogen) atoms. The van der Waals surface area contributed by atoms with Crippen molar-refractivity contribution in [2.75, 3.05) is 7.11 Å². The predicted octanol–water partition coefficient (Wildman–Crippen LogP) is 3.27. The van der Waals surface area contributed by atoms with Gasteiger partial charge in [-0.25, -0.2) is 0 Å². The Hall–Kier alpha value is -2.10. The molecule has 1 aromatic carbocycles. The third-order valence-electron chi connectivity index (χ3n) is 3.66. The molecule has 0 aliphatic heterocycles. The van der Waals surface area contributed by atoms with Crippen molar-refractivity contribution >= 4 is 5.78 Å². The molecule has 0 bridgehead atoms. The van der Waals surface area contributed by atoms with E-state index in [1.54, 1.807) is 14.0 Å². The number of hydrogen-bond donors (Lipinski definition) is 0. The van der Waals surface area contributed by atoms with E-state index in [0.29, 0.717) is 6.54 Å². The molecule has 0 aliphatic rings. The quantitative estimate of drug-likeness (QED) is 0.766. The van der Waals surface area contributed by atoms with Gasteiger partial charge in [0.1, 0.15) is 5.75 Å². The average molecular weight is 286 g/mol. The summed E-state index contributed by atoms with van der Waals surface area (Å²) in [5.74, 6) is 0.937. The number of hydrogen-bond acceptors (Lipinski definition) is 3. The molecule has 1 aromatic heterocycles. The van der Waals surface area contributed by atoms with Crippen LogP contribution in [-0.2, 0) is 19.4 Å². The zero-order valence-corrected chi connectivity index (χ0v) is 13.1. The molecule has 0 atom stereocenters. The number of carbonyl (C=O) groups excluding carboxylic acids is 1. The molecule has 0 spiro atoms. The summed E-state index contributed by atoms with van der Waals surface area (Å²) < 4.78 is 7.33. The van der Waals surface area contributed by atoms with Crippen molar-refractivity contribution in [1.82, 2.24) is 9.78 Å². The Kier molecular flexibility index (Phi) is 4.78. The van der Waals surface area contributed by atoms with Crippen molar-refractivity contribution in [3.8, 4) is 5.75 Å². The zero-order valence-electron chi connectivity index (χ0n) is 13.1. The van der Waals surface area contributed by atoms with Crippen molar-refractivity contribution in [2.24, 2.45) is 0 Å². The molecule has 0 amide bonds. The van der Waals surface area contributed by atoms with Crippen LogP contribution in [0.25, 0.3) is 0 Å². The Morgan fingerprint density at radius 2 is 1.95 bits per heavy atom. The second-order valence-corrected chi connectivity index (χ2v) is 5.00. The maximum Gasteiger partial charge on any atom is 0.163 e. The minimum absolute atomic E-state index is 0.0926. The highest BCUT2D eigenvalue weighted by Crippen LogP contribution is 2.22. The molecule has 1 heterocycles. The molecule has 112 valence electrons. The largest absolute Gasteiger partial charge is 0.496 e. The highest BCUT2D eigenvalue weighted by atomic mass is 16.5. The summed E-state index contributed by atoms with van der Waals surface area (Å²) >= 11 is 0. The Morgan fingerprint density at radius 3 is 2.52 bits per heavy atom. The number of aromatic nitrogens is 2. The van der Waals surface area contributed by atoms with Crippen LogP contribution in [-0.4, -0.2) is 22.7 Å². The molecule has 4 heteroatoms. The van der Waals surface area contributed by atoms with E-state index in [2.05, 4.69) is 12.0 Å². The van der Waals surface area contributed by atoms with Crippen LogP contribution >= 0.6 is 0 Å². The summed E-state index contributed by atoms with van der Waals surface area (Å²) in [4.78, 5) is 11.9. The lowest BCUT2D eigenvalue weighted by Crippen LogP contribution is -2.08. The molecule has 2 rings (SSSR count). The first-order valence-electron chi connectivity index (χ1n) is 7.33. The second-order valence-electron chi connectivity index (χ2n) is 5.00. The van der Waals surface area contributed by atoms with E-state index in [-0.39, 0.29) is 5.78 Å². The second kappa shape index (κ2) is 6.57. The lowest BCUT2D eigenvalue weighted by atomic mass is 10.1. The van der Waals surface area contributed by atoms with Crippen LogP contribution in [0.3, 0.4) is 0 Å². The van der Waals surface area contributed by atoms with Gasteiger partial charge < -0.3 is 4.74 Å². The third-order valence-corrected chi connectivity index (χ3v) is 3.66. The van der Waals surface area contributed by atoms with E-state index in [1.807, 2.05) is 35.9 Å². The van der Waals surface area contributed by atoms with Gasteiger partial charge in [0.25, 0.3) is 0 Å². The molecule has 4 nitrogen and oxygen atoms in total. The minimum Gasteiger partial charge on any atom is -0.496 e. The predicted molar refractivity (Wildman–Crippen MR) is 83.1 cm³/mol. The van der Waals surface area contributed by atoms with Crippen LogP contribution in [0.1, 0.15) is 48.1 Å². The van der Waals surface area contributed by atoms with Gasteiger partial charge in [-0.1, -0.05) is 32.0 Å². The Balaban J connectivity index is 2.47. The maximum atomic E-state index is 11.9. The van der Waals surface area contributed by atoms with Gasteiger partial charge in [-0.05, 0) is 25.8 Å². The fraction of sp³-hybridized carbons (Fsp3) is 0.412. The number of ketones is 1. The molecule has 0 radical (unpaired) electrons. The molecule has 0 aliphatic carbocycles. The SMILES string of the molecule is CCc1nn(Cc2ccccc2OC)c(CC)c1C(C)=O. The third kappa shape index (κ3) is 2.99. The smallest absolute Gasteiger partial charge is 0.163 e. The first kappa shape index (κ1) is 15.3. The van der Waals surface area contributed by atoms with Crippen LogP contribution in [0.15, 0.2) is 24.3 Å². The Bertz CT molecular complexity index is 644. The highest BCUT2D eigenvalue weighted by Gasteiger charge is 2.19. The van der Waals surface area contributed by atoms with E-state index in [1.165, 1.54) is 0 Å². The van der Waals surface area contributed by atoms with Gasteiger partial charge in [0.05, 0.1) is 24.9 Å². The Morgan fingerprint density at radius 1 is 1.24 bits per heavy atom. The monoisotopic (exact) mass is 286 g/mol. The fourth-order valence-electron chi connectivity index (χ4n) is 2.69. The minimum atomic E-state index is 0.0926. The van der Waals surface area contributed by atoms with E-state index in [4.69, 9.17) is 4.74 Å². The number of rotatable bonds is 6. The Labute approximate surface area is 125 Å². The summed E-state index contributed by atoms with van der Waals surface area (Å²) in [6.45, 7) is 6.32. The number of methoxy groups -OCH3 is 1. The first-order valence-corrected chi connectivity index (χ1v) is 7.33. The topological polar surface area (TPSA) is 44.1 Å². The van der Waals surface area contributed by atoms with E-state index < -0.39 is 0 Å². The summed E-state index contributed by atoms with van der Waals surface area (Å²) in [7, 11) is 1.67. The number of para-hydroxylation sites is 1. The van der Waals surface area contributed by atoms with Crippen molar-refractivity contribution in [3.63, 3.8) is 0 Å². The van der Waals surface area contributed by atoms with Crippen molar-refractivity contribution in [2.45, 2.75) is 40.2 Å². The first-order chi connectivity index (χ1) is 10.1. The molecular weight excluding hydrogens is 264 g/mol. The number of benzene rings is 1. The summed E-state index contributed by atoms with van der Waals surface area (Å²) in [5, 5.41) is 4.63. The van der Waals surface area contributed by atoms with Crippen molar-refractivity contribution in [3.05, 3.63) is 46.8 Å². The summed E-state index contributed by atoms with van der Waals surface area (Å²) in [6.07, 6.45) is 1.55. The van der Waals surface area contributed by atoms with E-state index in [0.717, 1.165) is 41.1 Å². The van der Waals surface area contributed by atoms with Crippen LogP contribution in [0.4, 0.5) is 0 Å². The van der Waals surface area contributed by atoms with Crippen molar-refractivity contribution < 1.29 is 9.53 Å². The van der Waals surface area contributed by atoms with Gasteiger partial charge in [0.15, 0.2) is 5.78 Å². The van der Waals surface area contributed by atoms with Crippen LogP contribution in [0.5, 0.6) is 5.75 Å². The summed E-state index contributed by atoms with van der Waals surface area (Å²) in [5.41, 5.74) is 3.74. The van der Waals surface area contributed by atoms with Gasteiger partial charge in [0.2, 0.25) is 0 Å². The fourth-order valence-corrected chi connectivity index (χ4v) is 2.69. The molecule has 2 aromatic rings. The molecule has 0 N–H and O–H groups in total. The average Bonchev–Trinajstić information content (AvgIpc) is 2.85. The number of Topliss-reactive ketones (excluding diaryl/α,β-unsaturated/α-hetero) is 1. The van der Waals surface area contributed by atoms with Gasteiger partial charge in [-0.3, -0.25) is 9.48 Å². The molecule has 0 unspecified atom stereocenters. The van der Waals surface area contributed by atoms with Gasteiger partial charge >= 0.3 is 0 Å². The molecule has 0 saturated heterocycles. The zero-order chi connectivity index (χ0) is 15.4. The van der Waals surface area contributed by atoms with Gasteiger partial charge in [-0.2, -0.15) is 5.10 Å². The molecular formula is C17H22N2O2. The lowest BCUT2D eigenvalue weighted by molar-refractivity contribution is 0.101. The normalized spacial score (nSPS) is 10.7. The number of aryl methyl sites for hydroxylation is 1. The molecule has 0 fully saturated rings. The van der Waals surface area contributed by atoms with Crippen molar-refractivity contribution in [1.29, 1.82) is 0 Å². The van der Waals surface area contributed by atoms with E-state index >= 15 is 0 Å². The standard InChI is InChI=1S/C17H22N2O2/c1-5-14-17(12(3)20)15(6-2)19(18-14)11-13-9-7-8-10-16(13)21-4/h7-10H,5-6,11H2,1-4H3. The van der Waals surface area contributed by atoms with Crippen LogP contribution in [0.2, 0.25) is 0 Å². The highest BCUT2D eigenvalue weighted by molar-refractivity contribution is 5.96. The number of carbonyl (C=O) groups is 1.